The molecule has 0 atom stereocenters. The van der Waals surface area contributed by atoms with Crippen LogP contribution in [0.4, 0.5) is 5.69 Å². The first kappa shape index (κ1) is 17.3. The fourth-order valence-corrected chi connectivity index (χ4v) is 3.51. The number of para-hydroxylation sites is 2. The smallest absolute Gasteiger partial charge is 0.141 e. The van der Waals surface area contributed by atoms with Crippen molar-refractivity contribution in [1.82, 2.24) is 9.55 Å². The maximum absolute atomic E-state index is 4.89. The summed E-state index contributed by atoms with van der Waals surface area (Å²) >= 11 is 0. The number of nitrogens with zero attached hydrogens (tertiary/aromatic N) is 3. The van der Waals surface area contributed by atoms with E-state index in [0.29, 0.717) is 0 Å². The molecule has 3 aromatic carbocycles. The van der Waals surface area contributed by atoms with Crippen LogP contribution in [0.5, 0.6) is 0 Å². The van der Waals surface area contributed by atoms with Crippen molar-refractivity contribution in [3.63, 3.8) is 0 Å². The van der Waals surface area contributed by atoms with Gasteiger partial charge in [0.15, 0.2) is 0 Å². The van der Waals surface area contributed by atoms with Gasteiger partial charge in [0.2, 0.25) is 0 Å². The fourth-order valence-electron chi connectivity index (χ4n) is 3.51. The second-order valence-electron chi connectivity index (χ2n) is 7.09. The van der Waals surface area contributed by atoms with Gasteiger partial charge in [-0.3, -0.25) is 0 Å². The largest absolute Gasteiger partial charge is 0.378 e. The number of benzene rings is 3. The Kier molecular flexibility index (Phi) is 4.68. The number of anilines is 1. The summed E-state index contributed by atoms with van der Waals surface area (Å²) in [7, 11) is 4.12. The average Bonchev–Trinajstić information content (AvgIpc) is 3.07. The quantitative estimate of drug-likeness (QED) is 0.448. The molecule has 0 N–H and O–H groups in total. The molecule has 0 saturated carbocycles. The molecule has 4 rings (SSSR count). The standard InChI is InChI=1S/C24H25N3/c1-4-17-27-23-8-6-5-7-22(23)25-24(27)20-11-9-18(10-12-20)19-13-15-21(16-14-19)26(2)3/h5-16H,4,17H2,1-3H3. The third-order valence-corrected chi connectivity index (χ3v) is 4.96. The van der Waals surface area contributed by atoms with E-state index >= 15 is 0 Å². The molecule has 0 aliphatic heterocycles. The van der Waals surface area contributed by atoms with Crippen molar-refractivity contribution in [2.45, 2.75) is 19.9 Å². The summed E-state index contributed by atoms with van der Waals surface area (Å²) < 4.78 is 2.33. The van der Waals surface area contributed by atoms with E-state index in [0.717, 1.165) is 29.9 Å². The van der Waals surface area contributed by atoms with Crippen LogP contribution in [0.1, 0.15) is 13.3 Å². The first-order valence-corrected chi connectivity index (χ1v) is 9.51. The third kappa shape index (κ3) is 3.33. The normalized spacial score (nSPS) is 11.1. The number of imidazole rings is 1. The van der Waals surface area contributed by atoms with Crippen LogP contribution in [0.15, 0.2) is 72.8 Å². The zero-order chi connectivity index (χ0) is 18.8. The van der Waals surface area contributed by atoms with Gasteiger partial charge in [0.1, 0.15) is 5.82 Å². The van der Waals surface area contributed by atoms with Crippen LogP contribution < -0.4 is 4.90 Å². The number of aryl methyl sites for hydroxylation is 1. The van der Waals surface area contributed by atoms with Gasteiger partial charge in [-0.15, -0.1) is 0 Å². The lowest BCUT2D eigenvalue weighted by Gasteiger charge is -2.13. The minimum atomic E-state index is 0.976. The van der Waals surface area contributed by atoms with Gasteiger partial charge in [0.05, 0.1) is 11.0 Å². The Morgan fingerprint density at radius 3 is 2.00 bits per heavy atom. The van der Waals surface area contributed by atoms with Crippen molar-refractivity contribution in [2.75, 3.05) is 19.0 Å². The lowest BCUT2D eigenvalue weighted by atomic mass is 10.0. The Bertz CT molecular complexity index is 1040. The van der Waals surface area contributed by atoms with Crippen LogP contribution >= 0.6 is 0 Å². The maximum Gasteiger partial charge on any atom is 0.141 e. The summed E-state index contributed by atoms with van der Waals surface area (Å²) in [6.07, 6.45) is 1.09. The molecular formula is C24H25N3. The molecule has 3 heteroatoms. The topological polar surface area (TPSA) is 21.1 Å². The Labute approximate surface area is 160 Å². The summed E-state index contributed by atoms with van der Waals surface area (Å²) in [5, 5.41) is 0. The molecule has 0 spiro atoms. The Hall–Kier alpha value is -3.07. The van der Waals surface area contributed by atoms with Crippen molar-refractivity contribution in [1.29, 1.82) is 0 Å². The van der Waals surface area contributed by atoms with Gasteiger partial charge >= 0.3 is 0 Å². The number of rotatable bonds is 5. The molecule has 0 aliphatic carbocycles. The molecule has 0 fully saturated rings. The van der Waals surface area contributed by atoms with Crippen LogP contribution in [0.3, 0.4) is 0 Å². The number of fused-ring (bicyclic) bond motifs is 1. The second-order valence-corrected chi connectivity index (χ2v) is 7.09. The number of hydrogen-bond acceptors (Lipinski definition) is 2. The highest BCUT2D eigenvalue weighted by Crippen LogP contribution is 2.28. The van der Waals surface area contributed by atoms with E-state index in [9.17, 15) is 0 Å². The van der Waals surface area contributed by atoms with E-state index in [2.05, 4.69) is 103 Å². The van der Waals surface area contributed by atoms with Gasteiger partial charge < -0.3 is 9.47 Å². The number of hydrogen-bond donors (Lipinski definition) is 0. The highest BCUT2D eigenvalue weighted by molar-refractivity contribution is 5.81. The highest BCUT2D eigenvalue weighted by atomic mass is 15.1. The minimum absolute atomic E-state index is 0.976. The van der Waals surface area contributed by atoms with E-state index in [1.807, 2.05) is 0 Å². The van der Waals surface area contributed by atoms with E-state index in [-0.39, 0.29) is 0 Å². The molecule has 0 amide bonds. The summed E-state index contributed by atoms with van der Waals surface area (Å²) in [6, 6.07) is 25.8. The first-order valence-electron chi connectivity index (χ1n) is 9.51. The minimum Gasteiger partial charge on any atom is -0.378 e. The van der Waals surface area contributed by atoms with Gasteiger partial charge in [-0.1, -0.05) is 55.5 Å². The molecule has 0 saturated heterocycles. The molecule has 0 unspecified atom stereocenters. The fraction of sp³-hybridized carbons (Fsp3) is 0.208. The maximum atomic E-state index is 4.89. The van der Waals surface area contributed by atoms with E-state index < -0.39 is 0 Å². The summed E-state index contributed by atoms with van der Waals surface area (Å²) in [6.45, 7) is 3.18. The Balaban J connectivity index is 1.70. The van der Waals surface area contributed by atoms with Crippen molar-refractivity contribution >= 4 is 16.7 Å². The molecular weight excluding hydrogens is 330 g/mol. The van der Waals surface area contributed by atoms with E-state index in [1.54, 1.807) is 0 Å². The lowest BCUT2D eigenvalue weighted by Crippen LogP contribution is -2.07. The van der Waals surface area contributed by atoms with Gasteiger partial charge in [-0.25, -0.2) is 4.98 Å². The van der Waals surface area contributed by atoms with E-state index in [4.69, 9.17) is 4.98 Å². The van der Waals surface area contributed by atoms with Crippen LogP contribution in [0.25, 0.3) is 33.5 Å². The summed E-state index contributed by atoms with van der Waals surface area (Å²) in [5.41, 5.74) is 7.09. The zero-order valence-electron chi connectivity index (χ0n) is 16.2. The van der Waals surface area contributed by atoms with Crippen molar-refractivity contribution in [2.24, 2.45) is 0 Å². The SMILES string of the molecule is CCCn1c(-c2ccc(-c3ccc(N(C)C)cc3)cc2)nc2ccccc21. The van der Waals surface area contributed by atoms with Gasteiger partial charge in [0, 0.05) is 31.9 Å². The molecule has 0 radical (unpaired) electrons. The summed E-state index contributed by atoms with van der Waals surface area (Å²) in [5.74, 6) is 1.05. The van der Waals surface area contributed by atoms with E-state index in [1.165, 1.54) is 22.3 Å². The Morgan fingerprint density at radius 1 is 0.778 bits per heavy atom. The van der Waals surface area contributed by atoms with Crippen LogP contribution in [-0.2, 0) is 6.54 Å². The molecule has 3 nitrogen and oxygen atoms in total. The molecule has 27 heavy (non-hydrogen) atoms. The van der Waals surface area contributed by atoms with Crippen LogP contribution in [0, 0.1) is 0 Å². The van der Waals surface area contributed by atoms with Crippen molar-refractivity contribution in [3.8, 4) is 22.5 Å². The highest BCUT2D eigenvalue weighted by Gasteiger charge is 2.12. The molecule has 0 bridgehead atoms. The molecule has 0 aliphatic rings. The first-order chi connectivity index (χ1) is 13.2. The summed E-state index contributed by atoms with van der Waals surface area (Å²) in [4.78, 5) is 7.01. The Morgan fingerprint density at radius 2 is 1.37 bits per heavy atom. The second kappa shape index (κ2) is 7.28. The molecule has 136 valence electrons. The third-order valence-electron chi connectivity index (χ3n) is 4.96. The van der Waals surface area contributed by atoms with Crippen LogP contribution in [0.2, 0.25) is 0 Å². The van der Waals surface area contributed by atoms with Gasteiger partial charge in [-0.2, -0.15) is 0 Å². The van der Waals surface area contributed by atoms with Crippen molar-refractivity contribution < 1.29 is 0 Å². The van der Waals surface area contributed by atoms with Crippen LogP contribution in [-0.4, -0.2) is 23.6 Å². The zero-order valence-corrected chi connectivity index (χ0v) is 16.2. The van der Waals surface area contributed by atoms with Crippen molar-refractivity contribution in [3.05, 3.63) is 72.8 Å². The molecule has 4 aromatic rings. The average molecular weight is 355 g/mol. The molecule has 1 heterocycles. The molecule has 1 aromatic heterocycles. The van der Waals surface area contributed by atoms with Gasteiger partial charge in [0.25, 0.3) is 0 Å². The number of aromatic nitrogens is 2. The predicted molar refractivity (Wildman–Crippen MR) is 115 cm³/mol. The lowest BCUT2D eigenvalue weighted by molar-refractivity contribution is 0.704. The predicted octanol–water partition coefficient (Wildman–Crippen LogP) is 5.85. The van der Waals surface area contributed by atoms with Gasteiger partial charge in [-0.05, 0) is 41.8 Å². The monoisotopic (exact) mass is 355 g/mol.